The Balaban J connectivity index is 1.80. The van der Waals surface area contributed by atoms with Crippen LogP contribution in [0.2, 0.25) is 5.02 Å². The fourth-order valence-electron chi connectivity index (χ4n) is 2.05. The number of anilines is 2. The monoisotopic (exact) mass is 239 g/mol. The molecule has 0 spiro atoms. The van der Waals surface area contributed by atoms with E-state index in [0.717, 1.165) is 18.8 Å². The maximum atomic E-state index is 5.86. The van der Waals surface area contributed by atoms with Crippen LogP contribution in [-0.2, 0) is 0 Å². The van der Waals surface area contributed by atoms with E-state index >= 15 is 0 Å². The molecular formula is C12H18ClN3. The summed E-state index contributed by atoms with van der Waals surface area (Å²) < 4.78 is 0. The third kappa shape index (κ3) is 3.03. The van der Waals surface area contributed by atoms with Gasteiger partial charge in [0.1, 0.15) is 0 Å². The fourth-order valence-corrected chi connectivity index (χ4v) is 2.23. The zero-order valence-electron chi connectivity index (χ0n) is 9.38. The van der Waals surface area contributed by atoms with Crippen molar-refractivity contribution in [1.29, 1.82) is 0 Å². The maximum Gasteiger partial charge on any atom is 0.0575 e. The van der Waals surface area contributed by atoms with Crippen molar-refractivity contribution in [3.63, 3.8) is 0 Å². The van der Waals surface area contributed by atoms with E-state index in [0.29, 0.717) is 10.7 Å². The van der Waals surface area contributed by atoms with E-state index in [-0.39, 0.29) is 0 Å². The number of likely N-dealkylation sites (tertiary alicyclic amines) is 1. The number of rotatable bonds is 4. The van der Waals surface area contributed by atoms with Crippen molar-refractivity contribution in [2.45, 2.75) is 12.8 Å². The SMILES string of the molecule is Nc1cc(Cl)ccc1NCCN1CCCC1. The van der Waals surface area contributed by atoms with Crippen molar-refractivity contribution >= 4 is 23.0 Å². The van der Waals surface area contributed by atoms with E-state index in [4.69, 9.17) is 17.3 Å². The van der Waals surface area contributed by atoms with Gasteiger partial charge in [-0.2, -0.15) is 0 Å². The lowest BCUT2D eigenvalue weighted by Crippen LogP contribution is -2.26. The Labute approximate surface area is 102 Å². The van der Waals surface area contributed by atoms with Gasteiger partial charge in [-0.15, -0.1) is 0 Å². The van der Waals surface area contributed by atoms with Crippen molar-refractivity contribution in [2.75, 3.05) is 37.2 Å². The largest absolute Gasteiger partial charge is 0.397 e. The predicted molar refractivity (Wildman–Crippen MR) is 70.0 cm³/mol. The van der Waals surface area contributed by atoms with Gasteiger partial charge in [-0.3, -0.25) is 0 Å². The minimum Gasteiger partial charge on any atom is -0.397 e. The molecule has 3 nitrogen and oxygen atoms in total. The molecule has 1 aromatic rings. The second-order valence-electron chi connectivity index (χ2n) is 4.21. The van der Waals surface area contributed by atoms with Gasteiger partial charge in [0, 0.05) is 18.1 Å². The highest BCUT2D eigenvalue weighted by Gasteiger charge is 2.10. The highest BCUT2D eigenvalue weighted by Crippen LogP contribution is 2.22. The van der Waals surface area contributed by atoms with E-state index < -0.39 is 0 Å². The van der Waals surface area contributed by atoms with Crippen LogP contribution in [0.15, 0.2) is 18.2 Å². The first-order chi connectivity index (χ1) is 7.75. The molecule has 2 rings (SSSR count). The standard InChI is InChI=1S/C12H18ClN3/c13-10-3-4-12(11(14)9-10)15-5-8-16-6-1-2-7-16/h3-4,9,15H,1-2,5-8,14H2. The normalized spacial score (nSPS) is 16.6. The Morgan fingerprint density at radius 1 is 1.31 bits per heavy atom. The average molecular weight is 240 g/mol. The van der Waals surface area contributed by atoms with Gasteiger partial charge in [-0.1, -0.05) is 11.6 Å². The van der Waals surface area contributed by atoms with Crippen LogP contribution in [-0.4, -0.2) is 31.1 Å². The zero-order valence-corrected chi connectivity index (χ0v) is 10.1. The van der Waals surface area contributed by atoms with E-state index in [1.54, 1.807) is 6.07 Å². The van der Waals surface area contributed by atoms with Gasteiger partial charge in [0.05, 0.1) is 11.4 Å². The third-order valence-electron chi connectivity index (χ3n) is 2.96. The van der Waals surface area contributed by atoms with Crippen LogP contribution in [0.3, 0.4) is 0 Å². The minimum atomic E-state index is 0.683. The van der Waals surface area contributed by atoms with E-state index in [1.165, 1.54) is 25.9 Å². The van der Waals surface area contributed by atoms with Crippen molar-refractivity contribution in [2.24, 2.45) is 0 Å². The van der Waals surface area contributed by atoms with Crippen LogP contribution in [0.25, 0.3) is 0 Å². The van der Waals surface area contributed by atoms with Gasteiger partial charge >= 0.3 is 0 Å². The maximum absolute atomic E-state index is 5.86. The molecule has 1 aromatic carbocycles. The van der Waals surface area contributed by atoms with Gasteiger partial charge in [0.2, 0.25) is 0 Å². The Kier molecular flexibility index (Phi) is 3.91. The first kappa shape index (κ1) is 11.6. The van der Waals surface area contributed by atoms with Crippen LogP contribution >= 0.6 is 11.6 Å². The summed E-state index contributed by atoms with van der Waals surface area (Å²) in [5.74, 6) is 0. The highest BCUT2D eigenvalue weighted by molar-refractivity contribution is 6.31. The average Bonchev–Trinajstić information content (AvgIpc) is 2.74. The van der Waals surface area contributed by atoms with Gasteiger partial charge in [-0.25, -0.2) is 0 Å². The predicted octanol–water partition coefficient (Wildman–Crippen LogP) is 2.43. The molecule has 1 aliphatic rings. The van der Waals surface area contributed by atoms with Crippen LogP contribution < -0.4 is 11.1 Å². The van der Waals surface area contributed by atoms with Crippen molar-refractivity contribution in [3.05, 3.63) is 23.2 Å². The fraction of sp³-hybridized carbons (Fsp3) is 0.500. The molecule has 0 unspecified atom stereocenters. The van der Waals surface area contributed by atoms with Crippen LogP contribution in [0.5, 0.6) is 0 Å². The molecule has 0 radical (unpaired) electrons. The molecule has 0 aromatic heterocycles. The van der Waals surface area contributed by atoms with Gasteiger partial charge in [0.15, 0.2) is 0 Å². The molecule has 0 saturated carbocycles. The van der Waals surface area contributed by atoms with Crippen LogP contribution in [0.1, 0.15) is 12.8 Å². The number of halogens is 1. The summed E-state index contributed by atoms with van der Waals surface area (Å²) in [6.07, 6.45) is 2.67. The number of hydrogen-bond donors (Lipinski definition) is 2. The lowest BCUT2D eigenvalue weighted by atomic mass is 10.2. The smallest absolute Gasteiger partial charge is 0.0575 e. The summed E-state index contributed by atoms with van der Waals surface area (Å²) in [6, 6.07) is 5.57. The third-order valence-corrected chi connectivity index (χ3v) is 3.19. The number of nitrogen functional groups attached to an aromatic ring is 1. The minimum absolute atomic E-state index is 0.683. The second kappa shape index (κ2) is 5.41. The molecule has 0 amide bonds. The summed E-state index contributed by atoms with van der Waals surface area (Å²) in [6.45, 7) is 4.49. The Morgan fingerprint density at radius 3 is 2.75 bits per heavy atom. The summed E-state index contributed by atoms with van der Waals surface area (Å²) in [5.41, 5.74) is 7.55. The zero-order chi connectivity index (χ0) is 11.4. The summed E-state index contributed by atoms with van der Waals surface area (Å²) in [4.78, 5) is 2.47. The van der Waals surface area contributed by atoms with Gasteiger partial charge in [-0.05, 0) is 44.1 Å². The van der Waals surface area contributed by atoms with Crippen LogP contribution in [0.4, 0.5) is 11.4 Å². The number of nitrogens with two attached hydrogens (primary N) is 1. The molecule has 1 fully saturated rings. The molecule has 0 atom stereocenters. The van der Waals surface area contributed by atoms with E-state index in [2.05, 4.69) is 10.2 Å². The van der Waals surface area contributed by atoms with Crippen molar-refractivity contribution < 1.29 is 0 Å². The molecule has 1 heterocycles. The number of benzene rings is 1. The quantitative estimate of drug-likeness (QED) is 0.793. The summed E-state index contributed by atoms with van der Waals surface area (Å²) >= 11 is 5.84. The molecule has 1 aliphatic heterocycles. The first-order valence-electron chi connectivity index (χ1n) is 5.77. The van der Waals surface area contributed by atoms with Crippen molar-refractivity contribution in [1.82, 2.24) is 4.90 Å². The first-order valence-corrected chi connectivity index (χ1v) is 6.15. The summed E-state index contributed by atoms with van der Waals surface area (Å²) in [7, 11) is 0. The highest BCUT2D eigenvalue weighted by atomic mass is 35.5. The molecular weight excluding hydrogens is 222 g/mol. The second-order valence-corrected chi connectivity index (χ2v) is 4.64. The lowest BCUT2D eigenvalue weighted by molar-refractivity contribution is 0.353. The van der Waals surface area contributed by atoms with E-state index in [1.807, 2.05) is 12.1 Å². The number of nitrogens with zero attached hydrogens (tertiary/aromatic N) is 1. The molecule has 16 heavy (non-hydrogen) atoms. The van der Waals surface area contributed by atoms with Crippen LogP contribution in [0, 0.1) is 0 Å². The Bertz CT molecular complexity index is 348. The molecule has 4 heteroatoms. The van der Waals surface area contributed by atoms with E-state index in [9.17, 15) is 0 Å². The molecule has 1 saturated heterocycles. The number of hydrogen-bond acceptors (Lipinski definition) is 3. The molecule has 88 valence electrons. The Morgan fingerprint density at radius 2 is 2.06 bits per heavy atom. The topological polar surface area (TPSA) is 41.3 Å². The number of nitrogens with one attached hydrogen (secondary N) is 1. The van der Waals surface area contributed by atoms with Gasteiger partial charge < -0.3 is 16.0 Å². The molecule has 0 aliphatic carbocycles. The van der Waals surface area contributed by atoms with Gasteiger partial charge in [0.25, 0.3) is 0 Å². The lowest BCUT2D eigenvalue weighted by Gasteiger charge is -2.16. The molecule has 0 bridgehead atoms. The molecule has 3 N–H and O–H groups in total. The Hall–Kier alpha value is -0.930. The summed E-state index contributed by atoms with van der Waals surface area (Å²) in [5, 5.41) is 4.02. The van der Waals surface area contributed by atoms with Crippen molar-refractivity contribution in [3.8, 4) is 0 Å².